The zero-order valence-corrected chi connectivity index (χ0v) is 35.4. The smallest absolute Gasteiger partial charge is 0.216 e. The summed E-state index contributed by atoms with van der Waals surface area (Å²) in [6, 6.07) is 43.8. The number of nitrogens with zero attached hydrogens (tertiary/aromatic N) is 4. The van der Waals surface area contributed by atoms with Gasteiger partial charge in [0.15, 0.2) is 0 Å². The molecular formula is C45H44GeIrN4O-2. The van der Waals surface area contributed by atoms with Crippen molar-refractivity contribution in [3.63, 3.8) is 0 Å². The van der Waals surface area contributed by atoms with Crippen LogP contribution in [0.15, 0.2) is 120 Å². The molecule has 8 rings (SSSR count). The van der Waals surface area contributed by atoms with E-state index in [1.165, 1.54) is 15.5 Å². The number of rotatable bonds is 6. The number of fused-ring (bicyclic) bond motifs is 4. The summed E-state index contributed by atoms with van der Waals surface area (Å²) in [4.78, 5) is 14.3. The molecule has 8 aromatic rings. The first-order valence-electron chi connectivity index (χ1n) is 17.6. The minimum Gasteiger partial charge on any atom is -0.486 e. The third-order valence-corrected chi connectivity index (χ3v) is 13.3. The summed E-state index contributed by atoms with van der Waals surface area (Å²) in [5.41, 5.74) is 10.4. The predicted molar refractivity (Wildman–Crippen MR) is 214 cm³/mol. The van der Waals surface area contributed by atoms with Crippen molar-refractivity contribution in [2.45, 2.75) is 57.9 Å². The van der Waals surface area contributed by atoms with Crippen LogP contribution in [-0.2, 0) is 33.1 Å². The molecule has 0 amide bonds. The summed E-state index contributed by atoms with van der Waals surface area (Å²) in [7, 11) is 0. The zero-order valence-electron chi connectivity index (χ0n) is 30.9. The van der Waals surface area contributed by atoms with Crippen molar-refractivity contribution in [1.29, 1.82) is 0 Å². The topological polar surface area (TPSA) is 56.7 Å². The number of benzene rings is 4. The Kier molecular flexibility index (Phi) is 11.0. The minimum atomic E-state index is -1.90. The van der Waals surface area contributed by atoms with Gasteiger partial charge in [-0.2, -0.15) is 0 Å². The Morgan fingerprint density at radius 1 is 0.788 bits per heavy atom. The van der Waals surface area contributed by atoms with Gasteiger partial charge in [-0.05, 0) is 36.8 Å². The third-order valence-electron chi connectivity index (χ3n) is 9.00. The maximum atomic E-state index is 6.22. The van der Waals surface area contributed by atoms with Gasteiger partial charge in [0.2, 0.25) is 5.71 Å². The number of furan rings is 1. The Bertz CT molecular complexity index is 2460. The fourth-order valence-electron chi connectivity index (χ4n) is 6.66. The summed E-state index contributed by atoms with van der Waals surface area (Å²) >= 11 is -1.90. The Morgan fingerprint density at radius 2 is 1.54 bits per heavy atom. The zero-order chi connectivity index (χ0) is 35.8. The molecule has 52 heavy (non-hydrogen) atoms. The Balaban J connectivity index is 0.000000187. The molecular weight excluding hydrogens is 877 g/mol. The molecule has 4 aromatic carbocycles. The molecule has 0 spiro atoms. The maximum absolute atomic E-state index is 6.22. The largest absolute Gasteiger partial charge is 0.486 e. The van der Waals surface area contributed by atoms with Crippen LogP contribution in [0.3, 0.4) is 0 Å². The minimum absolute atomic E-state index is 0. The molecule has 0 saturated heterocycles. The van der Waals surface area contributed by atoms with Crippen LogP contribution in [0.4, 0.5) is 0 Å². The number of aryl methyl sites for hydroxylation is 1. The summed E-state index contributed by atoms with van der Waals surface area (Å²) < 4.78 is 9.99. The van der Waals surface area contributed by atoms with Crippen LogP contribution in [0.1, 0.15) is 37.6 Å². The second-order valence-corrected chi connectivity index (χ2v) is 26.1. The van der Waals surface area contributed by atoms with Gasteiger partial charge < -0.3 is 8.98 Å². The number of imidazole rings is 1. The number of hydrogen-bond donors (Lipinski definition) is 0. The second-order valence-electron chi connectivity index (χ2n) is 15.5. The fraction of sp³-hybridized carbons (Fsp3) is 0.222. The van der Waals surface area contributed by atoms with Gasteiger partial charge >= 0.3 is 132 Å². The fourth-order valence-corrected chi connectivity index (χ4v) is 9.97. The van der Waals surface area contributed by atoms with Gasteiger partial charge in [-0.3, -0.25) is 4.98 Å². The number of hydrogen-bond acceptors (Lipinski definition) is 4. The quantitative estimate of drug-likeness (QED) is 0.123. The van der Waals surface area contributed by atoms with Gasteiger partial charge in [-0.15, -0.1) is 18.2 Å². The van der Waals surface area contributed by atoms with Crippen LogP contribution in [0.5, 0.6) is 0 Å². The van der Waals surface area contributed by atoms with Crippen LogP contribution in [-0.4, -0.2) is 32.8 Å². The molecule has 0 aliphatic carbocycles. The summed E-state index contributed by atoms with van der Waals surface area (Å²) in [5, 5.41) is 2.04. The van der Waals surface area contributed by atoms with E-state index < -0.39 is 13.3 Å². The van der Waals surface area contributed by atoms with Crippen molar-refractivity contribution in [2.75, 3.05) is 0 Å². The Labute approximate surface area is 323 Å². The number of para-hydroxylation sites is 2. The molecule has 4 aromatic heterocycles. The summed E-state index contributed by atoms with van der Waals surface area (Å²) in [5.74, 6) is 8.17. The van der Waals surface area contributed by atoms with Gasteiger partial charge in [-0.25, -0.2) is 4.98 Å². The molecule has 0 aliphatic rings. The molecule has 0 aliphatic heterocycles. The van der Waals surface area contributed by atoms with Crippen LogP contribution in [0.25, 0.3) is 55.7 Å². The first-order valence-corrected chi connectivity index (χ1v) is 25.0. The van der Waals surface area contributed by atoms with Crippen molar-refractivity contribution >= 4 is 50.8 Å². The van der Waals surface area contributed by atoms with E-state index in [-0.39, 0.29) is 20.1 Å². The van der Waals surface area contributed by atoms with E-state index in [1.54, 1.807) is 0 Å². The second kappa shape index (κ2) is 15.3. The van der Waals surface area contributed by atoms with E-state index in [0.29, 0.717) is 11.1 Å². The average Bonchev–Trinajstić information content (AvgIpc) is 3.66. The van der Waals surface area contributed by atoms with Crippen LogP contribution < -0.4 is 4.40 Å². The molecule has 4 heterocycles. The van der Waals surface area contributed by atoms with E-state index in [0.717, 1.165) is 68.7 Å². The van der Waals surface area contributed by atoms with E-state index in [9.17, 15) is 0 Å². The molecule has 0 saturated carbocycles. The standard InChI is InChI=1S/C26H18N3O.C19H26GeN.Ir/c1-17-14-15-20-19-10-7-11-21(24(19)30-26(20)27-17)25-28-22-12-5-6-13-23(22)29(25)16-18-8-3-2-4-9-18;1-19(2,3)13-16-12-18(15-10-8-7-9-11-15)21-14-17(16)20(4,5)6;/h2-10,12-15H,16H2,1H3;7-10,12,14H,13H2,1-6H3;/q2*-1;. The normalized spacial score (nSPS) is 11.8. The first-order chi connectivity index (χ1) is 24.4. The van der Waals surface area contributed by atoms with Gasteiger partial charge in [-0.1, -0.05) is 53.4 Å². The first kappa shape index (κ1) is 37.4. The molecule has 0 unspecified atom stereocenters. The monoisotopic (exact) mass is 923 g/mol. The van der Waals surface area contributed by atoms with Crippen molar-refractivity contribution in [1.82, 2.24) is 19.5 Å². The van der Waals surface area contributed by atoms with E-state index in [1.807, 2.05) is 67.6 Å². The number of pyridine rings is 2. The maximum Gasteiger partial charge on any atom is 0.216 e. The molecule has 265 valence electrons. The van der Waals surface area contributed by atoms with Crippen LogP contribution in [0.2, 0.25) is 17.3 Å². The van der Waals surface area contributed by atoms with Gasteiger partial charge in [0.25, 0.3) is 0 Å². The molecule has 7 heteroatoms. The average molecular weight is 922 g/mol. The van der Waals surface area contributed by atoms with E-state index in [4.69, 9.17) is 14.4 Å². The van der Waals surface area contributed by atoms with Crippen LogP contribution in [0, 0.1) is 24.5 Å². The third kappa shape index (κ3) is 8.15. The predicted octanol–water partition coefficient (Wildman–Crippen LogP) is 10.8. The SMILES string of the molecule is CC(C)(C)Cc1cc(-c2[c-]cccc2)nc[c]1[Ge]([CH3])([CH3])[CH3].Cc1ccc2c(n1)oc1c(-c3nc4ccccc4n3Cc3ccccc3)[c-]ccc12.[Ir]. The van der Waals surface area contributed by atoms with Crippen molar-refractivity contribution in [3.05, 3.63) is 144 Å². The molecule has 5 nitrogen and oxygen atoms in total. The molecule has 1 radical (unpaired) electrons. The Morgan fingerprint density at radius 3 is 2.27 bits per heavy atom. The van der Waals surface area contributed by atoms with E-state index >= 15 is 0 Å². The van der Waals surface area contributed by atoms with E-state index in [2.05, 4.69) is 114 Å². The van der Waals surface area contributed by atoms with Crippen molar-refractivity contribution in [2.24, 2.45) is 5.41 Å². The van der Waals surface area contributed by atoms with Gasteiger partial charge in [0, 0.05) is 37.7 Å². The molecule has 0 atom stereocenters. The van der Waals surface area contributed by atoms with Gasteiger partial charge in [0.05, 0.1) is 22.4 Å². The van der Waals surface area contributed by atoms with Crippen molar-refractivity contribution in [3.8, 4) is 22.6 Å². The summed E-state index contributed by atoms with van der Waals surface area (Å²) in [6.07, 6.45) is 3.24. The Hall–Kier alpha value is -4.36. The molecule has 0 bridgehead atoms. The molecule has 0 fully saturated rings. The van der Waals surface area contributed by atoms with Gasteiger partial charge in [0.1, 0.15) is 0 Å². The van der Waals surface area contributed by atoms with Crippen molar-refractivity contribution < 1.29 is 24.5 Å². The number of aromatic nitrogens is 4. The summed E-state index contributed by atoms with van der Waals surface area (Å²) in [6.45, 7) is 9.61. The van der Waals surface area contributed by atoms with Crippen LogP contribution >= 0.6 is 0 Å². The molecule has 0 N–H and O–H groups in total.